The summed E-state index contributed by atoms with van der Waals surface area (Å²) in [5.41, 5.74) is 27.4. The molecule has 2 aliphatic rings. The van der Waals surface area contributed by atoms with Crippen LogP contribution in [0.25, 0.3) is 0 Å². The number of aliphatic hydroxyl groups is 1. The number of hydrogen-bond acceptors (Lipinski definition) is 16. The molecular weight excluding hydrogens is 708 g/mol. The maximum absolute atomic E-state index is 13.4. The third kappa shape index (κ3) is 16.9. The summed E-state index contributed by atoms with van der Waals surface area (Å²) >= 11 is 0. The van der Waals surface area contributed by atoms with E-state index < -0.39 is 114 Å². The summed E-state index contributed by atoms with van der Waals surface area (Å²) in [5.74, 6) is -5.78. The highest BCUT2D eigenvalue weighted by atomic mass is 32.3. The number of nitrogens with one attached hydrogen (secondary N) is 8. The van der Waals surface area contributed by atoms with Crippen molar-refractivity contribution in [2.45, 2.75) is 55.5 Å². The Bertz CT molecular complexity index is 1450. The number of aliphatic imine (C=N–C) groups is 1. The molecule has 0 aromatic carbocycles. The van der Waals surface area contributed by atoms with Crippen LogP contribution < -0.4 is 71.2 Å². The lowest BCUT2D eigenvalue weighted by atomic mass is 10.0. The van der Waals surface area contributed by atoms with Gasteiger partial charge in [-0.15, -0.1) is 0 Å². The fourth-order valence-corrected chi connectivity index (χ4v) is 4.14. The van der Waals surface area contributed by atoms with Crippen LogP contribution in [-0.2, 0) is 39.2 Å². The minimum atomic E-state index is -4.67. The van der Waals surface area contributed by atoms with E-state index in [1.165, 1.54) is 0 Å². The van der Waals surface area contributed by atoms with Gasteiger partial charge >= 0.3 is 16.4 Å². The van der Waals surface area contributed by atoms with Crippen LogP contribution in [0.4, 0.5) is 4.79 Å². The van der Waals surface area contributed by atoms with Crippen molar-refractivity contribution in [3.63, 3.8) is 0 Å². The van der Waals surface area contributed by atoms with Crippen molar-refractivity contribution in [1.82, 2.24) is 42.5 Å². The first kappa shape index (κ1) is 43.8. The monoisotopic (exact) mass is 752 g/mol. The van der Waals surface area contributed by atoms with E-state index in [2.05, 4.69) is 42.2 Å². The number of guanidine groups is 1. The molecule has 27 heteroatoms. The van der Waals surface area contributed by atoms with Crippen molar-refractivity contribution in [1.29, 1.82) is 0 Å². The molecule has 26 nitrogen and oxygen atoms in total. The van der Waals surface area contributed by atoms with E-state index in [0.717, 1.165) is 6.20 Å². The van der Waals surface area contributed by atoms with Crippen molar-refractivity contribution >= 4 is 57.8 Å². The molecule has 1 unspecified atom stereocenters. The number of nitrogens with zero attached hydrogens (tertiary/aromatic N) is 1. The second-order valence-electron chi connectivity index (χ2n) is 10.7. The average molecular weight is 753 g/mol. The Morgan fingerprint density at radius 2 is 1.63 bits per heavy atom. The van der Waals surface area contributed by atoms with Gasteiger partial charge in [0.2, 0.25) is 29.5 Å². The minimum Gasteiger partial charge on any atom is -0.394 e. The Morgan fingerprint density at radius 3 is 2.20 bits per heavy atom. The van der Waals surface area contributed by atoms with Gasteiger partial charge in [0.05, 0.1) is 18.7 Å². The van der Waals surface area contributed by atoms with E-state index in [1.807, 2.05) is 5.32 Å². The van der Waals surface area contributed by atoms with Crippen LogP contribution in [0, 0.1) is 0 Å². The Hall–Kier alpha value is -5.19. The van der Waals surface area contributed by atoms with Gasteiger partial charge in [-0.1, -0.05) is 0 Å². The molecule has 0 aromatic rings. The first-order chi connectivity index (χ1) is 23.8. The van der Waals surface area contributed by atoms with Crippen LogP contribution in [0.1, 0.15) is 19.3 Å². The van der Waals surface area contributed by atoms with Gasteiger partial charge in [0.25, 0.3) is 5.91 Å². The van der Waals surface area contributed by atoms with Crippen LogP contribution in [-0.4, -0.2) is 139 Å². The summed E-state index contributed by atoms with van der Waals surface area (Å²) in [5, 5.41) is 28.6. The molecule has 1 saturated heterocycles. The molecule has 0 saturated carbocycles. The number of carbonyl (C=O) groups excluding carboxylic acids is 7. The predicted octanol–water partition coefficient (Wildman–Crippen LogP) is -9.28. The fraction of sp³-hybridized carbons (Fsp3) is 0.583. The first-order valence-corrected chi connectivity index (χ1v) is 16.3. The molecule has 8 amide bonds. The van der Waals surface area contributed by atoms with E-state index in [9.17, 15) is 38.7 Å². The number of hydrogen-bond donors (Lipinski definition) is 16. The van der Waals surface area contributed by atoms with Gasteiger partial charge in [-0.25, -0.2) is 4.79 Å². The minimum absolute atomic E-state index is 0.0144. The lowest BCUT2D eigenvalue weighted by Gasteiger charge is -2.31. The van der Waals surface area contributed by atoms with Crippen molar-refractivity contribution in [2.75, 3.05) is 32.8 Å². The summed E-state index contributed by atoms with van der Waals surface area (Å²) in [4.78, 5) is 93.7. The maximum Gasteiger partial charge on any atom is 0.394 e. The second-order valence-corrected chi connectivity index (χ2v) is 11.6. The molecule has 0 aromatic heterocycles. The van der Waals surface area contributed by atoms with Gasteiger partial charge < -0.3 is 76.3 Å². The third-order valence-corrected chi connectivity index (χ3v) is 6.71. The van der Waals surface area contributed by atoms with E-state index in [0.29, 0.717) is 6.42 Å². The summed E-state index contributed by atoms with van der Waals surface area (Å²) in [6, 6.07) is -9.04. The zero-order chi connectivity index (χ0) is 38.9. The SMILES string of the molecule is NCCC[C@H](N)C(=O)NC[C@@H]1NC(=O)[C@H](CO)NC(=O)[C@@H](N)CNC(=O)[C@H](C2CCN=C(N)N2)NC(=O)/C(=C/NC(N)=O)NC1=O.O=S(=O)(O)O. The van der Waals surface area contributed by atoms with Gasteiger partial charge in [0.15, 0.2) is 5.96 Å². The fourth-order valence-electron chi connectivity index (χ4n) is 4.14. The van der Waals surface area contributed by atoms with Crippen molar-refractivity contribution in [3.8, 4) is 0 Å². The van der Waals surface area contributed by atoms with E-state index >= 15 is 0 Å². The maximum atomic E-state index is 13.4. The van der Waals surface area contributed by atoms with Crippen LogP contribution in [0.5, 0.6) is 0 Å². The number of carbonyl (C=O) groups is 7. The number of aliphatic hydroxyl groups excluding tert-OH is 1. The van der Waals surface area contributed by atoms with Crippen LogP contribution in [0.15, 0.2) is 16.9 Å². The number of amides is 8. The molecule has 2 heterocycles. The number of rotatable bonds is 9. The largest absolute Gasteiger partial charge is 0.394 e. The molecule has 6 atom stereocenters. The highest BCUT2D eigenvalue weighted by molar-refractivity contribution is 7.79. The second kappa shape index (κ2) is 21.1. The standard InChI is InChI=1S/C24H42N14O8.H2O4S/c25-4-1-2-10(26)17(40)32-7-13-19(42)34-14(8-33-24(29)46)20(43)38-16(12-3-5-30-23(28)37-12)22(45)31-6-11(27)18(41)36-15(9-39)21(44)35-13;1-5(2,3)4/h8,10-13,15-16,39H,1-7,9,25-27H2,(H,31,45)(H,32,40)(H,34,42)(H,35,44)(H,36,41)(H,38,43)(H3,28,30,37)(H3,29,33,46);(H2,1,2,3,4)/b14-8-;/t10-,11-,12?,13-,15-,16-;/m0./s1. The molecule has 0 bridgehead atoms. The smallest absolute Gasteiger partial charge is 0.394 e. The Morgan fingerprint density at radius 1 is 1.00 bits per heavy atom. The number of urea groups is 1. The van der Waals surface area contributed by atoms with Crippen molar-refractivity contribution in [3.05, 3.63) is 11.9 Å². The van der Waals surface area contributed by atoms with Gasteiger partial charge in [-0.3, -0.25) is 42.9 Å². The van der Waals surface area contributed by atoms with Gasteiger partial charge in [0.1, 0.15) is 29.9 Å². The Balaban J connectivity index is 0.00000242. The molecular formula is C24H44N14O12S. The Kier molecular flexibility index (Phi) is 18.2. The highest BCUT2D eigenvalue weighted by Crippen LogP contribution is 2.07. The Labute approximate surface area is 290 Å². The normalized spacial score (nSPS) is 25.1. The van der Waals surface area contributed by atoms with Crippen molar-refractivity contribution in [2.24, 2.45) is 33.7 Å². The van der Waals surface area contributed by atoms with Crippen LogP contribution in [0.3, 0.4) is 0 Å². The summed E-state index contributed by atoms with van der Waals surface area (Å²) in [7, 11) is -4.67. The average Bonchev–Trinajstić information content (AvgIpc) is 3.05. The molecule has 2 rings (SSSR count). The molecule has 1 fully saturated rings. The third-order valence-electron chi connectivity index (χ3n) is 6.71. The molecule has 0 radical (unpaired) electrons. The molecule has 0 aliphatic carbocycles. The summed E-state index contributed by atoms with van der Waals surface area (Å²) < 4.78 is 31.6. The highest BCUT2D eigenvalue weighted by Gasteiger charge is 2.35. The van der Waals surface area contributed by atoms with E-state index in [4.69, 9.17) is 46.2 Å². The molecule has 51 heavy (non-hydrogen) atoms. The number of nitrogens with two attached hydrogens (primary N) is 5. The quantitative estimate of drug-likeness (QED) is 0.0768. The zero-order valence-corrected chi connectivity index (χ0v) is 27.8. The number of primary amides is 1. The van der Waals surface area contributed by atoms with Gasteiger partial charge in [0, 0.05) is 25.8 Å². The van der Waals surface area contributed by atoms with Crippen molar-refractivity contribution < 1.29 is 56.2 Å². The zero-order valence-electron chi connectivity index (χ0n) is 27.0. The lowest BCUT2D eigenvalue weighted by molar-refractivity contribution is -0.134. The summed E-state index contributed by atoms with van der Waals surface area (Å²) in [6.07, 6.45) is 1.61. The molecule has 2 aliphatic heterocycles. The topological polar surface area (TPSA) is 453 Å². The van der Waals surface area contributed by atoms with Crippen LogP contribution in [0.2, 0.25) is 0 Å². The lowest BCUT2D eigenvalue weighted by Crippen LogP contribution is -2.64. The first-order valence-electron chi connectivity index (χ1n) is 14.9. The molecule has 21 N–H and O–H groups in total. The van der Waals surface area contributed by atoms with Gasteiger partial charge in [-0.2, -0.15) is 8.42 Å². The van der Waals surface area contributed by atoms with E-state index in [1.54, 1.807) is 0 Å². The molecule has 288 valence electrons. The predicted molar refractivity (Wildman–Crippen MR) is 174 cm³/mol. The van der Waals surface area contributed by atoms with Gasteiger partial charge in [-0.05, 0) is 25.8 Å². The summed E-state index contributed by atoms with van der Waals surface area (Å²) in [6.45, 7) is -1.51. The van der Waals surface area contributed by atoms with Crippen LogP contribution >= 0.6 is 0 Å². The molecule has 0 spiro atoms. The van der Waals surface area contributed by atoms with E-state index in [-0.39, 0.29) is 31.9 Å².